The second-order valence-electron chi connectivity index (χ2n) is 5.07. The molecule has 0 aliphatic carbocycles. The van der Waals surface area contributed by atoms with Crippen LogP contribution in [-0.4, -0.2) is 44.7 Å². The quantitative estimate of drug-likeness (QED) is 0.789. The number of anilines is 1. The second-order valence-corrected chi connectivity index (χ2v) is 5.07. The smallest absolute Gasteiger partial charge is 0.0412 e. The van der Waals surface area contributed by atoms with Crippen LogP contribution in [0, 0.1) is 0 Å². The molecule has 1 fully saturated rings. The van der Waals surface area contributed by atoms with Gasteiger partial charge in [-0.3, -0.25) is 4.90 Å². The summed E-state index contributed by atoms with van der Waals surface area (Å²) in [7, 11) is 2.20. The minimum Gasteiger partial charge on any atom is -0.374 e. The average molecular weight is 231 g/mol. The van der Waals surface area contributed by atoms with Crippen molar-refractivity contribution in [3.05, 3.63) is 29.8 Å². The number of nitrogens with one attached hydrogen (secondary N) is 1. The van der Waals surface area contributed by atoms with Crippen molar-refractivity contribution in [2.45, 2.75) is 12.5 Å². The fourth-order valence-corrected chi connectivity index (χ4v) is 3.08. The first-order valence-electron chi connectivity index (χ1n) is 6.61. The highest BCUT2D eigenvalue weighted by Crippen LogP contribution is 2.36. The van der Waals surface area contributed by atoms with Gasteiger partial charge in [-0.25, -0.2) is 0 Å². The lowest BCUT2D eigenvalue weighted by Crippen LogP contribution is -2.47. The Labute approximate surface area is 103 Å². The van der Waals surface area contributed by atoms with E-state index in [0.29, 0.717) is 6.04 Å². The van der Waals surface area contributed by atoms with E-state index in [2.05, 4.69) is 46.4 Å². The predicted molar refractivity (Wildman–Crippen MR) is 71.5 cm³/mol. The maximum Gasteiger partial charge on any atom is 0.0412 e. The zero-order valence-electron chi connectivity index (χ0n) is 10.5. The highest BCUT2D eigenvalue weighted by molar-refractivity contribution is 5.56. The first-order valence-corrected chi connectivity index (χ1v) is 6.61. The van der Waals surface area contributed by atoms with Gasteiger partial charge in [-0.15, -0.1) is 0 Å². The molecule has 0 bridgehead atoms. The van der Waals surface area contributed by atoms with Crippen LogP contribution in [0.5, 0.6) is 0 Å². The molecular formula is C14H21N3. The van der Waals surface area contributed by atoms with Crippen LogP contribution in [0.25, 0.3) is 0 Å². The summed E-state index contributed by atoms with van der Waals surface area (Å²) in [6.07, 6.45) is 1.26. The molecule has 3 heteroatoms. The van der Waals surface area contributed by atoms with Crippen LogP contribution in [-0.2, 0) is 0 Å². The summed E-state index contributed by atoms with van der Waals surface area (Å²) in [5.74, 6) is 0. The molecule has 2 heterocycles. The molecule has 0 spiro atoms. The molecule has 3 nitrogen and oxygen atoms in total. The minimum absolute atomic E-state index is 0.629. The summed E-state index contributed by atoms with van der Waals surface area (Å²) in [5.41, 5.74) is 2.94. The summed E-state index contributed by atoms with van der Waals surface area (Å²) >= 11 is 0. The van der Waals surface area contributed by atoms with Crippen molar-refractivity contribution in [3.63, 3.8) is 0 Å². The summed E-state index contributed by atoms with van der Waals surface area (Å²) in [6.45, 7) is 5.81. The molecular weight excluding hydrogens is 210 g/mol. The SMILES string of the molecule is CN1CCC(N2CCNCC2)c2ccccc21. The van der Waals surface area contributed by atoms with Gasteiger partial charge >= 0.3 is 0 Å². The van der Waals surface area contributed by atoms with Gasteiger partial charge in [-0.05, 0) is 18.1 Å². The molecule has 0 amide bonds. The largest absolute Gasteiger partial charge is 0.374 e. The lowest BCUT2D eigenvalue weighted by atomic mass is 9.95. The maximum absolute atomic E-state index is 3.43. The molecule has 1 N–H and O–H groups in total. The molecule has 1 atom stereocenters. The lowest BCUT2D eigenvalue weighted by Gasteiger charge is -2.41. The average Bonchev–Trinajstić information content (AvgIpc) is 2.41. The normalized spacial score (nSPS) is 25.7. The minimum atomic E-state index is 0.629. The summed E-state index contributed by atoms with van der Waals surface area (Å²) < 4.78 is 0. The monoisotopic (exact) mass is 231 g/mol. The third-order valence-electron chi connectivity index (χ3n) is 4.04. The van der Waals surface area contributed by atoms with Crippen LogP contribution in [0.1, 0.15) is 18.0 Å². The molecule has 1 aromatic rings. The van der Waals surface area contributed by atoms with Crippen LogP contribution in [0.3, 0.4) is 0 Å². The van der Waals surface area contributed by atoms with Crippen molar-refractivity contribution in [3.8, 4) is 0 Å². The van der Waals surface area contributed by atoms with Crippen LogP contribution < -0.4 is 10.2 Å². The molecule has 1 unspecified atom stereocenters. The van der Waals surface area contributed by atoms with E-state index in [9.17, 15) is 0 Å². The zero-order valence-corrected chi connectivity index (χ0v) is 10.5. The predicted octanol–water partition coefficient (Wildman–Crippen LogP) is 1.47. The maximum atomic E-state index is 3.43. The van der Waals surface area contributed by atoms with E-state index < -0.39 is 0 Å². The Morgan fingerprint density at radius 2 is 1.88 bits per heavy atom. The Kier molecular flexibility index (Phi) is 3.04. The van der Waals surface area contributed by atoms with Gasteiger partial charge < -0.3 is 10.2 Å². The fourth-order valence-electron chi connectivity index (χ4n) is 3.08. The summed E-state index contributed by atoms with van der Waals surface area (Å²) in [4.78, 5) is 5.02. The van der Waals surface area contributed by atoms with Crippen molar-refractivity contribution in [1.82, 2.24) is 10.2 Å². The molecule has 0 saturated carbocycles. The molecule has 17 heavy (non-hydrogen) atoms. The second kappa shape index (κ2) is 4.67. The fraction of sp³-hybridized carbons (Fsp3) is 0.571. The van der Waals surface area contributed by atoms with Crippen molar-refractivity contribution in [2.24, 2.45) is 0 Å². The summed E-state index contributed by atoms with van der Waals surface area (Å²) in [5, 5.41) is 3.43. The Hall–Kier alpha value is -1.06. The van der Waals surface area contributed by atoms with Crippen molar-refractivity contribution < 1.29 is 0 Å². The first-order chi connectivity index (χ1) is 8.36. The number of hydrogen-bond donors (Lipinski definition) is 1. The topological polar surface area (TPSA) is 18.5 Å². The lowest BCUT2D eigenvalue weighted by molar-refractivity contribution is 0.163. The van der Waals surface area contributed by atoms with E-state index in [1.807, 2.05) is 0 Å². The van der Waals surface area contributed by atoms with E-state index in [1.165, 1.54) is 37.3 Å². The number of piperazine rings is 1. The molecule has 0 radical (unpaired) electrons. The van der Waals surface area contributed by atoms with Crippen LogP contribution in [0.2, 0.25) is 0 Å². The number of nitrogens with zero attached hydrogens (tertiary/aromatic N) is 2. The Morgan fingerprint density at radius 1 is 1.12 bits per heavy atom. The third-order valence-corrected chi connectivity index (χ3v) is 4.04. The molecule has 92 valence electrons. The Morgan fingerprint density at radius 3 is 2.71 bits per heavy atom. The van der Waals surface area contributed by atoms with Gasteiger partial charge in [-0.1, -0.05) is 18.2 Å². The van der Waals surface area contributed by atoms with E-state index in [0.717, 1.165) is 13.1 Å². The highest BCUT2D eigenvalue weighted by Gasteiger charge is 2.28. The van der Waals surface area contributed by atoms with Crippen LogP contribution in [0.4, 0.5) is 5.69 Å². The highest BCUT2D eigenvalue weighted by atomic mass is 15.2. The molecule has 2 aliphatic heterocycles. The van der Waals surface area contributed by atoms with Crippen molar-refractivity contribution >= 4 is 5.69 Å². The van der Waals surface area contributed by atoms with E-state index >= 15 is 0 Å². The van der Waals surface area contributed by atoms with E-state index in [1.54, 1.807) is 0 Å². The molecule has 1 saturated heterocycles. The number of fused-ring (bicyclic) bond motifs is 1. The number of benzene rings is 1. The molecule has 0 aromatic heterocycles. The van der Waals surface area contributed by atoms with Gasteiger partial charge in [0, 0.05) is 51.5 Å². The third kappa shape index (κ3) is 2.05. The van der Waals surface area contributed by atoms with Crippen LogP contribution >= 0.6 is 0 Å². The van der Waals surface area contributed by atoms with Crippen LogP contribution in [0.15, 0.2) is 24.3 Å². The van der Waals surface area contributed by atoms with Gasteiger partial charge in [0.05, 0.1) is 0 Å². The van der Waals surface area contributed by atoms with Gasteiger partial charge in [-0.2, -0.15) is 0 Å². The number of para-hydroxylation sites is 1. The van der Waals surface area contributed by atoms with Gasteiger partial charge in [0.2, 0.25) is 0 Å². The van der Waals surface area contributed by atoms with Gasteiger partial charge in [0.15, 0.2) is 0 Å². The Bertz CT molecular complexity index is 385. The Balaban J connectivity index is 1.89. The molecule has 3 rings (SSSR count). The van der Waals surface area contributed by atoms with E-state index in [-0.39, 0.29) is 0 Å². The molecule has 2 aliphatic rings. The van der Waals surface area contributed by atoms with Crippen molar-refractivity contribution in [2.75, 3.05) is 44.7 Å². The number of rotatable bonds is 1. The summed E-state index contributed by atoms with van der Waals surface area (Å²) in [6, 6.07) is 9.51. The zero-order chi connectivity index (χ0) is 11.7. The first kappa shape index (κ1) is 11.1. The molecule has 1 aromatic carbocycles. The standard InChI is InChI=1S/C14H21N3/c1-16-9-6-14(17-10-7-15-8-11-17)12-4-2-3-5-13(12)16/h2-5,14-15H,6-11H2,1H3. The number of hydrogen-bond acceptors (Lipinski definition) is 3. The van der Waals surface area contributed by atoms with Gasteiger partial charge in [0.1, 0.15) is 0 Å². The van der Waals surface area contributed by atoms with Gasteiger partial charge in [0.25, 0.3) is 0 Å². The van der Waals surface area contributed by atoms with Crippen molar-refractivity contribution in [1.29, 1.82) is 0 Å². The van der Waals surface area contributed by atoms with E-state index in [4.69, 9.17) is 0 Å².